The lowest BCUT2D eigenvalue weighted by atomic mass is 10.1. The normalized spacial score (nSPS) is 10.9. The molecule has 3 aromatic carbocycles. The molecule has 0 aliphatic carbocycles. The highest BCUT2D eigenvalue weighted by molar-refractivity contribution is 5.66. The van der Waals surface area contributed by atoms with Gasteiger partial charge in [-0.15, -0.1) is 0 Å². The molecular weight excluding hydrogens is 360 g/mol. The van der Waals surface area contributed by atoms with Crippen molar-refractivity contribution in [1.29, 1.82) is 0 Å². The molecule has 0 saturated heterocycles. The largest absolute Gasteiger partial charge is 0.436 e. The van der Waals surface area contributed by atoms with Gasteiger partial charge in [-0.3, -0.25) is 0 Å². The Morgan fingerprint density at radius 1 is 0.552 bits per heavy atom. The molecule has 5 rings (SSSR count). The fourth-order valence-electron chi connectivity index (χ4n) is 3.24. The maximum Gasteiger partial charge on any atom is 0.226 e. The van der Waals surface area contributed by atoms with Gasteiger partial charge in [0.15, 0.2) is 11.5 Å². The van der Waals surface area contributed by atoms with Crippen LogP contribution in [0.3, 0.4) is 0 Å². The van der Waals surface area contributed by atoms with Crippen LogP contribution in [0.1, 0.15) is 5.56 Å². The van der Waals surface area contributed by atoms with Gasteiger partial charge in [0.1, 0.15) is 0 Å². The summed E-state index contributed by atoms with van der Waals surface area (Å²) in [6, 6.07) is 26.0. The van der Waals surface area contributed by atoms with Gasteiger partial charge in [0.25, 0.3) is 0 Å². The van der Waals surface area contributed by atoms with Crippen molar-refractivity contribution in [3.8, 4) is 45.6 Å². The SMILES string of the molecule is Cc1cccc(-c2cnc(-c3ccc(-c4ncc(-c5ccccc5)o4)cc3)o2)c1. The number of aryl methyl sites for hydroxylation is 1. The van der Waals surface area contributed by atoms with Crippen molar-refractivity contribution < 1.29 is 8.83 Å². The van der Waals surface area contributed by atoms with E-state index in [2.05, 4.69) is 29.0 Å². The summed E-state index contributed by atoms with van der Waals surface area (Å²) in [6.45, 7) is 2.06. The molecule has 2 aromatic heterocycles. The number of hydrogen-bond donors (Lipinski definition) is 0. The first-order chi connectivity index (χ1) is 14.3. The minimum absolute atomic E-state index is 0.586. The quantitative estimate of drug-likeness (QED) is 0.352. The van der Waals surface area contributed by atoms with E-state index in [1.165, 1.54) is 5.56 Å². The number of rotatable bonds is 4. The van der Waals surface area contributed by atoms with Gasteiger partial charge in [0.05, 0.1) is 12.4 Å². The van der Waals surface area contributed by atoms with Crippen LogP contribution in [-0.2, 0) is 0 Å². The van der Waals surface area contributed by atoms with Crippen molar-refractivity contribution in [3.05, 3.63) is 96.8 Å². The third kappa shape index (κ3) is 3.48. The molecule has 0 fully saturated rings. The predicted octanol–water partition coefficient (Wildman–Crippen LogP) is 6.64. The summed E-state index contributed by atoms with van der Waals surface area (Å²) < 4.78 is 11.9. The van der Waals surface area contributed by atoms with E-state index in [-0.39, 0.29) is 0 Å². The first kappa shape index (κ1) is 17.2. The highest BCUT2D eigenvalue weighted by atomic mass is 16.4. The number of nitrogens with zero attached hydrogens (tertiary/aromatic N) is 2. The Bertz CT molecular complexity index is 1250. The van der Waals surface area contributed by atoms with Crippen LogP contribution in [0, 0.1) is 6.92 Å². The summed E-state index contributed by atoms with van der Waals surface area (Å²) in [6.07, 6.45) is 3.51. The zero-order valence-electron chi connectivity index (χ0n) is 15.9. The summed E-state index contributed by atoms with van der Waals surface area (Å²) in [4.78, 5) is 8.84. The van der Waals surface area contributed by atoms with E-state index in [0.717, 1.165) is 33.8 Å². The van der Waals surface area contributed by atoms with E-state index < -0.39 is 0 Å². The second-order valence-electron chi connectivity index (χ2n) is 6.87. The van der Waals surface area contributed by atoms with Gasteiger partial charge >= 0.3 is 0 Å². The summed E-state index contributed by atoms with van der Waals surface area (Å²) >= 11 is 0. The summed E-state index contributed by atoms with van der Waals surface area (Å²) in [5.41, 5.74) is 5.02. The van der Waals surface area contributed by atoms with E-state index in [4.69, 9.17) is 8.83 Å². The van der Waals surface area contributed by atoms with Crippen LogP contribution in [0.15, 0.2) is 100 Å². The Balaban J connectivity index is 1.39. The van der Waals surface area contributed by atoms with Crippen LogP contribution in [0.2, 0.25) is 0 Å². The average molecular weight is 378 g/mol. The Kier molecular flexibility index (Phi) is 4.30. The van der Waals surface area contributed by atoms with Crippen LogP contribution in [0.25, 0.3) is 45.6 Å². The molecule has 0 radical (unpaired) electrons. The first-order valence-electron chi connectivity index (χ1n) is 9.41. The lowest BCUT2D eigenvalue weighted by Gasteiger charge is -2.00. The second kappa shape index (κ2) is 7.24. The molecule has 0 aliphatic heterocycles. The molecular formula is C25H18N2O2. The van der Waals surface area contributed by atoms with Crippen LogP contribution in [-0.4, -0.2) is 9.97 Å². The van der Waals surface area contributed by atoms with Gasteiger partial charge in [-0.1, -0.05) is 54.1 Å². The minimum Gasteiger partial charge on any atom is -0.436 e. The Morgan fingerprint density at radius 2 is 1.10 bits per heavy atom. The van der Waals surface area contributed by atoms with Crippen molar-refractivity contribution in [1.82, 2.24) is 9.97 Å². The molecule has 0 N–H and O–H groups in total. The molecule has 4 nitrogen and oxygen atoms in total. The number of benzene rings is 3. The topological polar surface area (TPSA) is 52.1 Å². The maximum atomic E-state index is 5.97. The van der Waals surface area contributed by atoms with Crippen LogP contribution >= 0.6 is 0 Å². The molecule has 0 saturated carbocycles. The first-order valence-corrected chi connectivity index (χ1v) is 9.41. The minimum atomic E-state index is 0.586. The molecule has 0 aliphatic rings. The Morgan fingerprint density at radius 3 is 1.69 bits per heavy atom. The van der Waals surface area contributed by atoms with Gasteiger partial charge in [-0.2, -0.15) is 0 Å². The molecule has 140 valence electrons. The monoisotopic (exact) mass is 378 g/mol. The molecule has 0 spiro atoms. The molecule has 5 aromatic rings. The van der Waals surface area contributed by atoms with E-state index in [9.17, 15) is 0 Å². The van der Waals surface area contributed by atoms with Crippen molar-refractivity contribution >= 4 is 0 Å². The Hall–Kier alpha value is -3.92. The third-order valence-electron chi connectivity index (χ3n) is 4.75. The van der Waals surface area contributed by atoms with Gasteiger partial charge in [-0.25, -0.2) is 9.97 Å². The zero-order chi connectivity index (χ0) is 19.6. The summed E-state index contributed by atoms with van der Waals surface area (Å²) in [7, 11) is 0. The van der Waals surface area contributed by atoms with E-state index in [0.29, 0.717) is 11.8 Å². The summed E-state index contributed by atoms with van der Waals surface area (Å²) in [5.74, 6) is 2.68. The molecule has 2 heterocycles. The van der Waals surface area contributed by atoms with Crippen LogP contribution in [0.4, 0.5) is 0 Å². The third-order valence-corrected chi connectivity index (χ3v) is 4.75. The van der Waals surface area contributed by atoms with Crippen molar-refractivity contribution in [2.24, 2.45) is 0 Å². The van der Waals surface area contributed by atoms with E-state index in [1.54, 1.807) is 12.4 Å². The standard InChI is InChI=1S/C25H18N2O2/c1-17-6-5-9-21(14-17)23-16-27-25(29-23)20-12-10-19(11-13-20)24-26-15-22(28-24)18-7-3-2-4-8-18/h2-16H,1H3. The van der Waals surface area contributed by atoms with Crippen LogP contribution in [0.5, 0.6) is 0 Å². The predicted molar refractivity (Wildman–Crippen MR) is 113 cm³/mol. The van der Waals surface area contributed by atoms with Gasteiger partial charge in [-0.05, 0) is 37.3 Å². The highest BCUT2D eigenvalue weighted by Gasteiger charge is 2.11. The van der Waals surface area contributed by atoms with Gasteiger partial charge < -0.3 is 8.83 Å². The Labute approximate surface area is 168 Å². The number of aromatic nitrogens is 2. The summed E-state index contributed by atoms with van der Waals surface area (Å²) in [5, 5.41) is 0. The highest BCUT2D eigenvalue weighted by Crippen LogP contribution is 2.30. The van der Waals surface area contributed by atoms with Crippen LogP contribution < -0.4 is 0 Å². The average Bonchev–Trinajstić information content (AvgIpc) is 3.45. The lowest BCUT2D eigenvalue weighted by molar-refractivity contribution is 0.587. The van der Waals surface area contributed by atoms with Gasteiger partial charge in [0.2, 0.25) is 11.8 Å². The van der Waals surface area contributed by atoms with Crippen molar-refractivity contribution in [3.63, 3.8) is 0 Å². The molecule has 0 unspecified atom stereocenters. The van der Waals surface area contributed by atoms with Crippen molar-refractivity contribution in [2.75, 3.05) is 0 Å². The van der Waals surface area contributed by atoms with Crippen molar-refractivity contribution in [2.45, 2.75) is 6.92 Å². The second-order valence-corrected chi connectivity index (χ2v) is 6.87. The van der Waals surface area contributed by atoms with E-state index in [1.807, 2.05) is 66.7 Å². The fourth-order valence-corrected chi connectivity index (χ4v) is 3.24. The fraction of sp³-hybridized carbons (Fsp3) is 0.0400. The zero-order valence-corrected chi connectivity index (χ0v) is 15.9. The number of oxazole rings is 2. The smallest absolute Gasteiger partial charge is 0.226 e. The van der Waals surface area contributed by atoms with E-state index >= 15 is 0 Å². The molecule has 0 bridgehead atoms. The molecule has 4 heteroatoms. The lowest BCUT2D eigenvalue weighted by Crippen LogP contribution is -1.80. The molecule has 29 heavy (non-hydrogen) atoms. The molecule has 0 amide bonds. The number of hydrogen-bond acceptors (Lipinski definition) is 4. The molecule has 0 atom stereocenters. The van der Waals surface area contributed by atoms with Gasteiger partial charge in [0, 0.05) is 22.3 Å². The maximum absolute atomic E-state index is 5.97.